The Hall–Kier alpha value is -1.37. The molecule has 36 heavy (non-hydrogen) atoms. The zero-order chi connectivity index (χ0) is 27.0. The number of phosphoric ester groups is 1. The summed E-state index contributed by atoms with van der Waals surface area (Å²) in [6, 6.07) is 2.81. The summed E-state index contributed by atoms with van der Waals surface area (Å²) in [5, 5.41) is 20.6. The molecule has 0 bridgehead atoms. The van der Waals surface area contributed by atoms with Gasteiger partial charge in [-0.2, -0.15) is 4.31 Å². The van der Waals surface area contributed by atoms with E-state index in [2.05, 4.69) is 8.83 Å². The number of ether oxygens (including phenoxy) is 1. The number of halogens is 3. The van der Waals surface area contributed by atoms with Crippen molar-refractivity contribution in [2.24, 2.45) is 0 Å². The van der Waals surface area contributed by atoms with Crippen molar-refractivity contribution in [2.75, 3.05) is 6.61 Å². The maximum absolute atomic E-state index is 13.9. The molecule has 2 aromatic rings. The highest BCUT2D eigenvalue weighted by molar-refractivity contribution is 14.1. The lowest BCUT2D eigenvalue weighted by atomic mass is 10.1. The summed E-state index contributed by atoms with van der Waals surface area (Å²) in [4.78, 5) is 52.1. The normalized spacial score (nSPS) is 24.1. The van der Waals surface area contributed by atoms with E-state index in [-0.39, 0.29) is 22.1 Å². The van der Waals surface area contributed by atoms with Crippen LogP contribution in [0.2, 0.25) is 0 Å². The Bertz CT molecular complexity index is 1350. The summed E-state index contributed by atoms with van der Waals surface area (Å²) in [6.07, 6.45) is -5.94. The molecule has 1 saturated heterocycles. The summed E-state index contributed by atoms with van der Waals surface area (Å²) in [5.74, 6) is -1.68. The first-order chi connectivity index (χ1) is 16.6. The van der Waals surface area contributed by atoms with Gasteiger partial charge in [-0.25, -0.2) is 22.7 Å². The Morgan fingerprint density at radius 2 is 1.78 bits per heavy atom. The van der Waals surface area contributed by atoms with Gasteiger partial charge in [-0.1, -0.05) is 6.07 Å². The molecular formula is C17H19F2IN2O12P2. The molecule has 1 aromatic heterocycles. The molecule has 19 heteroatoms. The van der Waals surface area contributed by atoms with Crippen LogP contribution >= 0.6 is 38.2 Å². The zero-order valence-corrected chi connectivity index (χ0v) is 21.7. The summed E-state index contributed by atoms with van der Waals surface area (Å²) in [6.45, 7) is -1.32. The number of rotatable bonds is 9. The fourth-order valence-corrected chi connectivity index (χ4v) is 5.54. The van der Waals surface area contributed by atoms with Crippen molar-refractivity contribution in [1.29, 1.82) is 0 Å². The molecule has 1 aromatic carbocycles. The molecule has 5 atom stereocenters. The number of phosphoric acid groups is 2. The Morgan fingerprint density at radius 1 is 1.11 bits per heavy atom. The Kier molecular flexibility index (Phi) is 9.05. The third kappa shape index (κ3) is 6.93. The molecule has 1 fully saturated rings. The number of aliphatic hydroxyl groups excluding tert-OH is 2. The molecule has 0 aliphatic carbocycles. The average molecular weight is 670 g/mol. The minimum atomic E-state index is -5.40. The Labute approximate surface area is 213 Å². The van der Waals surface area contributed by atoms with Crippen molar-refractivity contribution in [2.45, 2.75) is 37.5 Å². The van der Waals surface area contributed by atoms with Gasteiger partial charge < -0.3 is 29.6 Å². The highest BCUT2D eigenvalue weighted by Crippen LogP contribution is 2.57. The number of hydrogen-bond acceptors (Lipinski definition) is 9. The van der Waals surface area contributed by atoms with Gasteiger partial charge in [0.1, 0.15) is 29.9 Å². The van der Waals surface area contributed by atoms with E-state index >= 15 is 0 Å². The van der Waals surface area contributed by atoms with E-state index in [0.29, 0.717) is 10.6 Å². The number of aromatic nitrogens is 2. The van der Waals surface area contributed by atoms with E-state index in [1.165, 1.54) is 0 Å². The van der Waals surface area contributed by atoms with Crippen molar-refractivity contribution < 1.29 is 56.4 Å². The van der Waals surface area contributed by atoms with Crippen molar-refractivity contribution >= 4 is 38.2 Å². The van der Waals surface area contributed by atoms with E-state index < -0.39 is 69.7 Å². The third-order valence-electron chi connectivity index (χ3n) is 5.00. The maximum Gasteiger partial charge on any atom is 0.481 e. The SMILES string of the molecule is O=c1c(I)cn([C@@H]2O[C@H](COP(=O)(O)OP(=O)(O)O)C(O)C2O)c(=O)n1CCc1ccc(F)cc1F. The quantitative estimate of drug-likeness (QED) is 0.176. The van der Waals surface area contributed by atoms with Crippen LogP contribution in [0.15, 0.2) is 34.0 Å². The summed E-state index contributed by atoms with van der Waals surface area (Å²) >= 11 is 1.60. The number of hydrogen-bond donors (Lipinski definition) is 5. The highest BCUT2D eigenvalue weighted by atomic mass is 127. The largest absolute Gasteiger partial charge is 0.481 e. The van der Waals surface area contributed by atoms with E-state index in [1.54, 1.807) is 22.6 Å². The molecule has 0 saturated carbocycles. The van der Waals surface area contributed by atoms with E-state index in [1.807, 2.05) is 0 Å². The molecule has 3 unspecified atom stereocenters. The van der Waals surface area contributed by atoms with Crippen LogP contribution in [0.4, 0.5) is 8.78 Å². The first-order valence-electron chi connectivity index (χ1n) is 9.81. The average Bonchev–Trinajstić information content (AvgIpc) is 3.03. The van der Waals surface area contributed by atoms with E-state index in [4.69, 9.17) is 14.5 Å². The van der Waals surface area contributed by atoms with Gasteiger partial charge >= 0.3 is 21.3 Å². The summed E-state index contributed by atoms with van der Waals surface area (Å²) in [5.41, 5.74) is -1.73. The van der Waals surface area contributed by atoms with Crippen LogP contribution in [-0.4, -0.2) is 58.9 Å². The molecule has 0 spiro atoms. The third-order valence-corrected chi connectivity index (χ3v) is 7.89. The molecule has 5 N–H and O–H groups in total. The van der Waals surface area contributed by atoms with Crippen LogP contribution in [-0.2, 0) is 35.7 Å². The molecule has 3 rings (SSSR count). The van der Waals surface area contributed by atoms with Crippen molar-refractivity contribution in [1.82, 2.24) is 9.13 Å². The van der Waals surface area contributed by atoms with Gasteiger partial charge in [0.25, 0.3) is 5.56 Å². The minimum Gasteiger partial charge on any atom is -0.387 e. The smallest absolute Gasteiger partial charge is 0.387 e. The number of aryl methyl sites for hydroxylation is 1. The van der Waals surface area contributed by atoms with Crippen LogP contribution < -0.4 is 11.2 Å². The Morgan fingerprint density at radius 3 is 2.39 bits per heavy atom. The summed E-state index contributed by atoms with van der Waals surface area (Å²) in [7, 11) is -10.7. The summed E-state index contributed by atoms with van der Waals surface area (Å²) < 4.78 is 64.2. The molecule has 0 amide bonds. The van der Waals surface area contributed by atoms with Gasteiger partial charge in [0.05, 0.1) is 10.2 Å². The van der Waals surface area contributed by atoms with Crippen LogP contribution in [0.1, 0.15) is 11.8 Å². The van der Waals surface area contributed by atoms with Crippen molar-refractivity contribution in [3.05, 3.63) is 66.0 Å². The fraction of sp³-hybridized carbons (Fsp3) is 0.412. The first kappa shape index (κ1) is 29.2. The molecular weight excluding hydrogens is 651 g/mol. The van der Waals surface area contributed by atoms with Gasteiger partial charge in [0.15, 0.2) is 6.23 Å². The monoisotopic (exact) mass is 670 g/mol. The highest BCUT2D eigenvalue weighted by Gasteiger charge is 2.46. The molecule has 0 radical (unpaired) electrons. The van der Waals surface area contributed by atoms with Gasteiger partial charge in [0, 0.05) is 18.8 Å². The topological polar surface area (TPSA) is 207 Å². The predicted molar refractivity (Wildman–Crippen MR) is 123 cm³/mol. The maximum atomic E-state index is 13.9. The lowest BCUT2D eigenvalue weighted by molar-refractivity contribution is -0.0549. The van der Waals surface area contributed by atoms with Crippen LogP contribution in [0.3, 0.4) is 0 Å². The van der Waals surface area contributed by atoms with Gasteiger partial charge in [-0.3, -0.25) is 18.5 Å². The zero-order valence-electron chi connectivity index (χ0n) is 17.8. The van der Waals surface area contributed by atoms with E-state index in [0.717, 1.165) is 22.9 Å². The van der Waals surface area contributed by atoms with Crippen LogP contribution in [0.25, 0.3) is 0 Å². The minimum absolute atomic E-state index is 0.0216. The molecule has 2 heterocycles. The lowest BCUT2D eigenvalue weighted by Gasteiger charge is -2.19. The van der Waals surface area contributed by atoms with Crippen LogP contribution in [0.5, 0.6) is 0 Å². The lowest BCUT2D eigenvalue weighted by Crippen LogP contribution is -2.44. The standard InChI is InChI=1S/C17H19F2IN2O12P2/c18-9-2-1-8(10(19)5-9)3-4-21-15(25)11(20)6-22(17(21)26)16-14(24)13(23)12(33-16)7-32-36(30,31)34-35(27,28)29/h1-2,5-6,12-14,16,23-24H,3-4,7H2,(H,30,31)(H2,27,28,29)/t12-,13?,14?,16-/m1/s1. The predicted octanol–water partition coefficient (Wildman–Crippen LogP) is -0.0190. The fourth-order valence-electron chi connectivity index (χ4n) is 3.35. The van der Waals surface area contributed by atoms with Crippen molar-refractivity contribution in [3.63, 3.8) is 0 Å². The number of nitrogens with zero attached hydrogens (tertiary/aromatic N) is 2. The van der Waals surface area contributed by atoms with Gasteiger partial charge in [-0.05, 0) is 40.6 Å². The number of benzene rings is 1. The Balaban J connectivity index is 1.82. The molecule has 1 aliphatic heterocycles. The number of aliphatic hydroxyl groups is 2. The second kappa shape index (κ2) is 11.2. The van der Waals surface area contributed by atoms with E-state index in [9.17, 15) is 42.6 Å². The molecule has 14 nitrogen and oxygen atoms in total. The van der Waals surface area contributed by atoms with Crippen LogP contribution in [0, 0.1) is 15.2 Å². The second-order valence-electron chi connectivity index (χ2n) is 7.49. The van der Waals surface area contributed by atoms with Gasteiger partial charge in [0.2, 0.25) is 0 Å². The van der Waals surface area contributed by atoms with Crippen molar-refractivity contribution in [3.8, 4) is 0 Å². The second-order valence-corrected chi connectivity index (χ2v) is 11.5. The first-order valence-corrected chi connectivity index (χ1v) is 13.9. The van der Waals surface area contributed by atoms with Gasteiger partial charge in [-0.15, -0.1) is 0 Å². The molecule has 200 valence electrons. The molecule has 1 aliphatic rings.